The maximum atomic E-state index is 13.4. The molecule has 0 saturated heterocycles. The van der Waals surface area contributed by atoms with Crippen LogP contribution in [0.25, 0.3) is 0 Å². The van der Waals surface area contributed by atoms with Crippen molar-refractivity contribution in [2.75, 3.05) is 0 Å². The fraction of sp³-hybridized carbons (Fsp3) is 0.154. The summed E-state index contributed by atoms with van der Waals surface area (Å²) in [6, 6.07) is 6.19. The van der Waals surface area contributed by atoms with Gasteiger partial charge in [0.05, 0.1) is 18.1 Å². The quantitative estimate of drug-likeness (QED) is 0.885. The molecule has 0 radical (unpaired) electrons. The first-order valence-electron chi connectivity index (χ1n) is 5.22. The minimum absolute atomic E-state index is 0.0634. The van der Waals surface area contributed by atoms with Crippen molar-refractivity contribution in [1.82, 2.24) is 5.32 Å². The van der Waals surface area contributed by atoms with Crippen molar-refractivity contribution in [2.45, 2.75) is 13.5 Å². The highest BCUT2D eigenvalue weighted by atomic mass is 19.1. The number of nitrogens with one attached hydrogen (secondary N) is 1. The molecule has 0 unspecified atom stereocenters. The van der Waals surface area contributed by atoms with Crippen LogP contribution < -0.4 is 5.32 Å². The zero-order chi connectivity index (χ0) is 12.3. The van der Waals surface area contributed by atoms with Gasteiger partial charge >= 0.3 is 0 Å². The average molecular weight is 233 g/mol. The number of aryl methyl sites for hydroxylation is 1. The molecular weight excluding hydrogens is 221 g/mol. The summed E-state index contributed by atoms with van der Waals surface area (Å²) >= 11 is 0. The molecule has 0 saturated carbocycles. The highest BCUT2D eigenvalue weighted by molar-refractivity contribution is 5.94. The summed E-state index contributed by atoms with van der Waals surface area (Å²) in [6.45, 7) is 2.13. The lowest BCUT2D eigenvalue weighted by Crippen LogP contribution is -2.23. The molecular formula is C13H12FNO2. The van der Waals surface area contributed by atoms with E-state index in [-0.39, 0.29) is 5.56 Å². The highest BCUT2D eigenvalue weighted by Crippen LogP contribution is 2.10. The Morgan fingerprint density at radius 2 is 2.24 bits per heavy atom. The van der Waals surface area contributed by atoms with Crippen LogP contribution in [0, 0.1) is 12.7 Å². The number of furan rings is 1. The van der Waals surface area contributed by atoms with E-state index in [1.165, 1.54) is 24.7 Å². The van der Waals surface area contributed by atoms with Crippen molar-refractivity contribution in [3.63, 3.8) is 0 Å². The molecule has 0 fully saturated rings. The second kappa shape index (κ2) is 4.82. The molecule has 1 amide bonds. The molecule has 0 aliphatic carbocycles. The third-order valence-electron chi connectivity index (χ3n) is 2.40. The monoisotopic (exact) mass is 233 g/mol. The van der Waals surface area contributed by atoms with Crippen LogP contribution in [0.5, 0.6) is 0 Å². The van der Waals surface area contributed by atoms with Crippen LogP contribution in [-0.2, 0) is 6.54 Å². The summed E-state index contributed by atoms with van der Waals surface area (Å²) in [5.41, 5.74) is 1.75. The van der Waals surface area contributed by atoms with Gasteiger partial charge in [0.25, 0.3) is 5.91 Å². The van der Waals surface area contributed by atoms with Crippen molar-refractivity contribution in [3.8, 4) is 0 Å². The van der Waals surface area contributed by atoms with Crippen LogP contribution in [0.3, 0.4) is 0 Å². The lowest BCUT2D eigenvalue weighted by molar-refractivity contribution is 0.0946. The molecule has 1 aromatic carbocycles. The Morgan fingerprint density at radius 3 is 2.94 bits per heavy atom. The third kappa shape index (κ3) is 2.72. The van der Waals surface area contributed by atoms with Gasteiger partial charge in [-0.1, -0.05) is 11.6 Å². The van der Waals surface area contributed by atoms with Crippen LogP contribution in [-0.4, -0.2) is 5.91 Å². The number of benzene rings is 1. The molecule has 0 bridgehead atoms. The van der Waals surface area contributed by atoms with Gasteiger partial charge in [-0.15, -0.1) is 0 Å². The highest BCUT2D eigenvalue weighted by Gasteiger charge is 2.11. The van der Waals surface area contributed by atoms with Gasteiger partial charge in [-0.2, -0.15) is 0 Å². The van der Waals surface area contributed by atoms with Crippen LogP contribution in [0.2, 0.25) is 0 Å². The molecule has 0 aliphatic heterocycles. The first kappa shape index (κ1) is 11.4. The van der Waals surface area contributed by atoms with Crippen molar-refractivity contribution < 1.29 is 13.6 Å². The Labute approximate surface area is 98.3 Å². The van der Waals surface area contributed by atoms with E-state index in [0.29, 0.717) is 6.54 Å². The number of hydrogen-bond donors (Lipinski definition) is 1. The van der Waals surface area contributed by atoms with E-state index in [0.717, 1.165) is 11.1 Å². The van der Waals surface area contributed by atoms with E-state index in [9.17, 15) is 9.18 Å². The van der Waals surface area contributed by atoms with Crippen LogP contribution in [0.15, 0.2) is 41.2 Å². The molecule has 0 atom stereocenters. The molecule has 2 rings (SSSR count). The molecule has 17 heavy (non-hydrogen) atoms. The number of carbonyl (C=O) groups is 1. The van der Waals surface area contributed by atoms with Gasteiger partial charge in [-0.05, 0) is 25.1 Å². The Balaban J connectivity index is 2.07. The minimum Gasteiger partial charge on any atom is -0.472 e. The Bertz CT molecular complexity index is 520. The predicted octanol–water partition coefficient (Wildman–Crippen LogP) is 2.66. The van der Waals surface area contributed by atoms with Crippen LogP contribution in [0.1, 0.15) is 21.5 Å². The average Bonchev–Trinajstić information content (AvgIpc) is 2.82. The normalized spacial score (nSPS) is 10.2. The molecule has 1 heterocycles. The zero-order valence-corrected chi connectivity index (χ0v) is 9.37. The van der Waals surface area contributed by atoms with E-state index < -0.39 is 11.7 Å². The standard InChI is InChI=1S/C13H12FNO2/c1-9-2-3-12(14)11(6-9)13(16)15-7-10-4-5-17-8-10/h2-6,8H,7H2,1H3,(H,15,16). The van der Waals surface area contributed by atoms with Gasteiger partial charge in [-0.25, -0.2) is 4.39 Å². The summed E-state index contributed by atoms with van der Waals surface area (Å²) in [6.07, 6.45) is 3.06. The Hall–Kier alpha value is -2.10. The Kier molecular flexibility index (Phi) is 3.23. The van der Waals surface area contributed by atoms with Gasteiger partial charge in [0.2, 0.25) is 0 Å². The van der Waals surface area contributed by atoms with E-state index in [1.807, 2.05) is 6.92 Å². The van der Waals surface area contributed by atoms with Gasteiger partial charge in [-0.3, -0.25) is 4.79 Å². The number of carbonyl (C=O) groups excluding carboxylic acids is 1. The first-order valence-corrected chi connectivity index (χ1v) is 5.22. The predicted molar refractivity (Wildman–Crippen MR) is 61.0 cm³/mol. The van der Waals surface area contributed by atoms with Crippen molar-refractivity contribution in [2.24, 2.45) is 0 Å². The fourth-order valence-electron chi connectivity index (χ4n) is 1.48. The second-order valence-electron chi connectivity index (χ2n) is 3.80. The molecule has 1 aromatic heterocycles. The molecule has 4 heteroatoms. The molecule has 88 valence electrons. The molecule has 1 N–H and O–H groups in total. The number of rotatable bonds is 3. The zero-order valence-electron chi connectivity index (χ0n) is 9.37. The SMILES string of the molecule is Cc1ccc(F)c(C(=O)NCc2ccoc2)c1. The van der Waals surface area contributed by atoms with Crippen molar-refractivity contribution in [3.05, 3.63) is 59.3 Å². The summed E-state index contributed by atoms with van der Waals surface area (Å²) in [7, 11) is 0. The van der Waals surface area contributed by atoms with Crippen LogP contribution in [0.4, 0.5) is 4.39 Å². The van der Waals surface area contributed by atoms with E-state index in [4.69, 9.17) is 4.42 Å². The summed E-state index contributed by atoms with van der Waals surface area (Å²) in [5, 5.41) is 2.63. The summed E-state index contributed by atoms with van der Waals surface area (Å²) in [4.78, 5) is 11.7. The van der Waals surface area contributed by atoms with Crippen molar-refractivity contribution in [1.29, 1.82) is 0 Å². The number of halogens is 1. The van der Waals surface area contributed by atoms with Crippen molar-refractivity contribution >= 4 is 5.91 Å². The second-order valence-corrected chi connectivity index (χ2v) is 3.80. The number of hydrogen-bond acceptors (Lipinski definition) is 2. The van der Waals surface area contributed by atoms with E-state index in [1.54, 1.807) is 12.1 Å². The molecule has 0 spiro atoms. The van der Waals surface area contributed by atoms with Gasteiger partial charge in [0.1, 0.15) is 5.82 Å². The minimum atomic E-state index is -0.514. The first-order chi connectivity index (χ1) is 8.16. The number of amides is 1. The molecule has 2 aromatic rings. The maximum Gasteiger partial charge on any atom is 0.254 e. The van der Waals surface area contributed by atoms with E-state index >= 15 is 0 Å². The van der Waals surface area contributed by atoms with Gasteiger partial charge in [0.15, 0.2) is 0 Å². The topological polar surface area (TPSA) is 42.2 Å². The van der Waals surface area contributed by atoms with Gasteiger partial charge in [0, 0.05) is 12.1 Å². The smallest absolute Gasteiger partial charge is 0.254 e. The fourth-order valence-corrected chi connectivity index (χ4v) is 1.48. The lowest BCUT2D eigenvalue weighted by atomic mass is 10.1. The third-order valence-corrected chi connectivity index (χ3v) is 2.40. The van der Waals surface area contributed by atoms with Gasteiger partial charge < -0.3 is 9.73 Å². The lowest BCUT2D eigenvalue weighted by Gasteiger charge is -2.05. The molecule has 0 aliphatic rings. The maximum absolute atomic E-state index is 13.4. The summed E-state index contributed by atoms with van der Waals surface area (Å²) < 4.78 is 18.3. The summed E-state index contributed by atoms with van der Waals surface area (Å²) in [5.74, 6) is -0.937. The largest absolute Gasteiger partial charge is 0.472 e. The Morgan fingerprint density at radius 1 is 1.41 bits per heavy atom. The van der Waals surface area contributed by atoms with Crippen LogP contribution >= 0.6 is 0 Å². The van der Waals surface area contributed by atoms with E-state index in [2.05, 4.69) is 5.32 Å². The molecule has 3 nitrogen and oxygen atoms in total.